The standard InChI is InChI=1S/C13H11NOS/c15-12-4-3-9-7-11(2-1-10(9)8-12)13-14-5-6-16-13/h1-4,7-8,15H,5-6H2. The van der Waals surface area contributed by atoms with Gasteiger partial charge in [-0.15, -0.1) is 11.8 Å². The third-order valence-electron chi connectivity index (χ3n) is 2.66. The molecule has 0 amide bonds. The van der Waals surface area contributed by atoms with Crippen molar-refractivity contribution in [1.29, 1.82) is 0 Å². The maximum atomic E-state index is 9.38. The van der Waals surface area contributed by atoms with Gasteiger partial charge in [0.2, 0.25) is 0 Å². The largest absolute Gasteiger partial charge is 0.508 e. The minimum atomic E-state index is 0.313. The second kappa shape index (κ2) is 3.83. The van der Waals surface area contributed by atoms with Gasteiger partial charge in [0.1, 0.15) is 5.75 Å². The van der Waals surface area contributed by atoms with Crippen molar-refractivity contribution in [2.75, 3.05) is 12.3 Å². The zero-order chi connectivity index (χ0) is 11.0. The monoisotopic (exact) mass is 229 g/mol. The smallest absolute Gasteiger partial charge is 0.116 e. The molecule has 1 aliphatic heterocycles. The Hall–Kier alpha value is -1.48. The van der Waals surface area contributed by atoms with E-state index in [4.69, 9.17) is 0 Å². The van der Waals surface area contributed by atoms with Crippen molar-refractivity contribution >= 4 is 27.6 Å². The number of phenolic OH excluding ortho intramolecular Hbond substituents is 1. The van der Waals surface area contributed by atoms with Crippen LogP contribution in [0.2, 0.25) is 0 Å². The molecule has 0 unspecified atom stereocenters. The summed E-state index contributed by atoms with van der Waals surface area (Å²) in [5.41, 5.74) is 1.18. The van der Waals surface area contributed by atoms with Crippen molar-refractivity contribution in [2.24, 2.45) is 4.99 Å². The number of rotatable bonds is 1. The maximum absolute atomic E-state index is 9.38. The molecule has 1 aliphatic rings. The van der Waals surface area contributed by atoms with Gasteiger partial charge in [0.15, 0.2) is 0 Å². The molecule has 1 heterocycles. The first kappa shape index (κ1) is 9.73. The van der Waals surface area contributed by atoms with E-state index in [1.54, 1.807) is 12.1 Å². The molecule has 2 aromatic rings. The Balaban J connectivity index is 2.12. The fourth-order valence-corrected chi connectivity index (χ4v) is 2.73. The first-order chi connectivity index (χ1) is 7.83. The number of benzene rings is 2. The fraction of sp³-hybridized carbons (Fsp3) is 0.154. The topological polar surface area (TPSA) is 32.6 Å². The van der Waals surface area contributed by atoms with E-state index in [9.17, 15) is 5.11 Å². The highest BCUT2D eigenvalue weighted by atomic mass is 32.2. The molecule has 0 aromatic heterocycles. The van der Waals surface area contributed by atoms with E-state index in [1.165, 1.54) is 5.56 Å². The summed E-state index contributed by atoms with van der Waals surface area (Å²) in [7, 11) is 0. The molecule has 0 bridgehead atoms. The van der Waals surface area contributed by atoms with Crippen molar-refractivity contribution in [3.63, 3.8) is 0 Å². The Bertz CT molecular complexity index is 577. The molecular weight excluding hydrogens is 218 g/mol. The van der Waals surface area contributed by atoms with Crippen LogP contribution in [0, 0.1) is 0 Å². The van der Waals surface area contributed by atoms with E-state index < -0.39 is 0 Å². The van der Waals surface area contributed by atoms with Crippen molar-refractivity contribution in [3.05, 3.63) is 42.0 Å². The van der Waals surface area contributed by atoms with Crippen molar-refractivity contribution < 1.29 is 5.11 Å². The molecule has 0 radical (unpaired) electrons. The van der Waals surface area contributed by atoms with E-state index in [-0.39, 0.29) is 0 Å². The van der Waals surface area contributed by atoms with Crippen molar-refractivity contribution in [2.45, 2.75) is 0 Å². The van der Waals surface area contributed by atoms with Gasteiger partial charge in [-0.2, -0.15) is 0 Å². The molecule has 2 aromatic carbocycles. The van der Waals surface area contributed by atoms with E-state index in [0.29, 0.717) is 5.75 Å². The number of hydrogen-bond acceptors (Lipinski definition) is 3. The number of phenols is 1. The Morgan fingerprint density at radius 2 is 1.88 bits per heavy atom. The second-order valence-electron chi connectivity index (χ2n) is 3.78. The van der Waals surface area contributed by atoms with Crippen LogP contribution in [-0.4, -0.2) is 22.4 Å². The average molecular weight is 229 g/mol. The minimum Gasteiger partial charge on any atom is -0.508 e. The Labute approximate surface area is 98.0 Å². The molecule has 0 spiro atoms. The zero-order valence-electron chi connectivity index (χ0n) is 8.68. The Morgan fingerprint density at radius 1 is 1.06 bits per heavy atom. The van der Waals surface area contributed by atoms with Gasteiger partial charge in [-0.3, -0.25) is 4.99 Å². The molecule has 3 rings (SSSR count). The normalized spacial score (nSPS) is 15.4. The summed E-state index contributed by atoms with van der Waals surface area (Å²) in [4.78, 5) is 4.46. The molecule has 0 aliphatic carbocycles. The summed E-state index contributed by atoms with van der Waals surface area (Å²) in [6, 6.07) is 11.7. The number of nitrogens with zero attached hydrogens (tertiary/aromatic N) is 1. The van der Waals surface area contributed by atoms with Gasteiger partial charge in [-0.1, -0.05) is 18.2 Å². The quantitative estimate of drug-likeness (QED) is 0.815. The van der Waals surface area contributed by atoms with Crippen LogP contribution in [0.4, 0.5) is 0 Å². The first-order valence-electron chi connectivity index (χ1n) is 5.23. The molecule has 2 nitrogen and oxygen atoms in total. The van der Waals surface area contributed by atoms with E-state index >= 15 is 0 Å². The number of fused-ring (bicyclic) bond motifs is 1. The van der Waals surface area contributed by atoms with Gasteiger partial charge >= 0.3 is 0 Å². The first-order valence-corrected chi connectivity index (χ1v) is 6.22. The number of hydrogen-bond donors (Lipinski definition) is 1. The lowest BCUT2D eigenvalue weighted by atomic mass is 10.1. The van der Waals surface area contributed by atoms with Gasteiger partial charge in [0, 0.05) is 17.9 Å². The lowest BCUT2D eigenvalue weighted by Gasteiger charge is -2.03. The number of aromatic hydroxyl groups is 1. The number of aliphatic imine (C=N–C) groups is 1. The third-order valence-corrected chi connectivity index (χ3v) is 3.68. The van der Waals surface area contributed by atoms with Crippen LogP contribution in [0.15, 0.2) is 41.4 Å². The van der Waals surface area contributed by atoms with Crippen LogP contribution in [-0.2, 0) is 0 Å². The lowest BCUT2D eigenvalue weighted by molar-refractivity contribution is 0.476. The van der Waals surface area contributed by atoms with Crippen LogP contribution >= 0.6 is 11.8 Å². The van der Waals surface area contributed by atoms with Crippen LogP contribution < -0.4 is 0 Å². The molecular formula is C13H11NOS. The van der Waals surface area contributed by atoms with Gasteiger partial charge in [-0.25, -0.2) is 0 Å². The van der Waals surface area contributed by atoms with Crippen LogP contribution in [0.1, 0.15) is 5.56 Å². The van der Waals surface area contributed by atoms with Gasteiger partial charge < -0.3 is 5.11 Å². The summed E-state index contributed by atoms with van der Waals surface area (Å²) in [6.07, 6.45) is 0. The molecule has 3 heteroatoms. The molecule has 0 saturated heterocycles. The second-order valence-corrected chi connectivity index (χ2v) is 4.87. The van der Waals surface area contributed by atoms with Gasteiger partial charge in [0.05, 0.1) is 5.04 Å². The summed E-state index contributed by atoms with van der Waals surface area (Å²) >= 11 is 1.81. The molecule has 0 atom stereocenters. The molecule has 0 fully saturated rings. The van der Waals surface area contributed by atoms with Gasteiger partial charge in [-0.05, 0) is 29.0 Å². The molecule has 1 N–H and O–H groups in total. The molecule has 0 saturated carbocycles. The summed E-state index contributed by atoms with van der Waals surface area (Å²) < 4.78 is 0. The van der Waals surface area contributed by atoms with Crippen LogP contribution in [0.5, 0.6) is 5.75 Å². The van der Waals surface area contributed by atoms with Crippen LogP contribution in [0.3, 0.4) is 0 Å². The predicted molar refractivity (Wildman–Crippen MR) is 69.5 cm³/mol. The average Bonchev–Trinajstić information content (AvgIpc) is 2.82. The van der Waals surface area contributed by atoms with Crippen molar-refractivity contribution in [1.82, 2.24) is 0 Å². The SMILES string of the molecule is Oc1ccc2cc(C3=NCCS3)ccc2c1. The lowest BCUT2D eigenvalue weighted by Crippen LogP contribution is -1.91. The molecule has 16 heavy (non-hydrogen) atoms. The maximum Gasteiger partial charge on any atom is 0.116 e. The number of thioether (sulfide) groups is 1. The highest BCUT2D eigenvalue weighted by Gasteiger charge is 2.09. The Kier molecular flexibility index (Phi) is 2.33. The fourth-order valence-electron chi connectivity index (χ4n) is 1.88. The molecule has 80 valence electrons. The highest BCUT2D eigenvalue weighted by Crippen LogP contribution is 2.25. The Morgan fingerprint density at radius 3 is 2.69 bits per heavy atom. The third kappa shape index (κ3) is 1.67. The summed E-state index contributed by atoms with van der Waals surface area (Å²) in [5, 5.41) is 12.7. The van der Waals surface area contributed by atoms with Crippen LogP contribution in [0.25, 0.3) is 10.8 Å². The van der Waals surface area contributed by atoms with E-state index in [2.05, 4.69) is 17.1 Å². The zero-order valence-corrected chi connectivity index (χ0v) is 9.50. The minimum absolute atomic E-state index is 0.313. The van der Waals surface area contributed by atoms with Crippen molar-refractivity contribution in [3.8, 4) is 5.75 Å². The predicted octanol–water partition coefficient (Wildman–Crippen LogP) is 3.04. The van der Waals surface area contributed by atoms with E-state index in [1.807, 2.05) is 23.9 Å². The van der Waals surface area contributed by atoms with E-state index in [0.717, 1.165) is 28.1 Å². The van der Waals surface area contributed by atoms with Gasteiger partial charge in [0.25, 0.3) is 0 Å². The summed E-state index contributed by atoms with van der Waals surface area (Å²) in [5.74, 6) is 1.40. The highest BCUT2D eigenvalue weighted by molar-refractivity contribution is 8.14. The summed E-state index contributed by atoms with van der Waals surface area (Å²) in [6.45, 7) is 0.924.